The molecule has 0 fully saturated rings. The number of hydrogen-bond acceptors (Lipinski definition) is 3. The van der Waals surface area contributed by atoms with Gasteiger partial charge in [0.25, 0.3) is 0 Å². The highest BCUT2D eigenvalue weighted by atomic mass is 16.5. The van der Waals surface area contributed by atoms with Crippen LogP contribution in [0.2, 0.25) is 0 Å². The minimum atomic E-state index is 0.0137. The summed E-state index contributed by atoms with van der Waals surface area (Å²) in [5, 5.41) is 6.00. The van der Waals surface area contributed by atoms with Gasteiger partial charge in [0.05, 0.1) is 18.5 Å². The van der Waals surface area contributed by atoms with Crippen LogP contribution in [0.3, 0.4) is 0 Å². The molecule has 0 bridgehead atoms. The second-order valence-electron chi connectivity index (χ2n) is 4.82. The number of carbonyl (C=O) groups excluding carboxylic acids is 1. The SMILES string of the molecule is COc1ccc(N2N=C(c3ccccc3)CCC2=O)cc1. The topological polar surface area (TPSA) is 41.9 Å². The fraction of sp³-hybridized carbons (Fsp3) is 0.176. The molecule has 1 heterocycles. The largest absolute Gasteiger partial charge is 0.497 e. The van der Waals surface area contributed by atoms with Crippen molar-refractivity contribution >= 4 is 17.3 Å². The number of methoxy groups -OCH3 is 1. The quantitative estimate of drug-likeness (QED) is 0.866. The summed E-state index contributed by atoms with van der Waals surface area (Å²) >= 11 is 0. The second-order valence-corrected chi connectivity index (χ2v) is 4.82. The van der Waals surface area contributed by atoms with E-state index in [4.69, 9.17) is 4.74 Å². The smallest absolute Gasteiger partial charge is 0.247 e. The van der Waals surface area contributed by atoms with Gasteiger partial charge in [0.15, 0.2) is 0 Å². The van der Waals surface area contributed by atoms with Crippen molar-refractivity contribution < 1.29 is 9.53 Å². The van der Waals surface area contributed by atoms with Gasteiger partial charge in [-0.25, -0.2) is 5.01 Å². The molecule has 0 saturated heterocycles. The maximum absolute atomic E-state index is 12.1. The van der Waals surface area contributed by atoms with Gasteiger partial charge < -0.3 is 4.74 Å². The maximum Gasteiger partial charge on any atom is 0.247 e. The molecule has 0 aliphatic carbocycles. The lowest BCUT2D eigenvalue weighted by Crippen LogP contribution is -2.31. The molecule has 0 spiro atoms. The number of nitrogens with zero attached hydrogens (tertiary/aromatic N) is 2. The molecule has 0 aromatic heterocycles. The van der Waals surface area contributed by atoms with Crippen molar-refractivity contribution in [2.24, 2.45) is 5.10 Å². The zero-order chi connectivity index (χ0) is 14.7. The van der Waals surface area contributed by atoms with Gasteiger partial charge in [0.1, 0.15) is 5.75 Å². The predicted molar refractivity (Wildman–Crippen MR) is 82.7 cm³/mol. The molecule has 2 aromatic carbocycles. The average Bonchev–Trinajstić information content (AvgIpc) is 2.56. The van der Waals surface area contributed by atoms with Crippen LogP contribution in [0.5, 0.6) is 5.75 Å². The average molecular weight is 280 g/mol. The molecule has 4 heteroatoms. The Bertz CT molecular complexity index is 663. The molecule has 0 saturated carbocycles. The van der Waals surface area contributed by atoms with Gasteiger partial charge in [-0.3, -0.25) is 4.79 Å². The minimum Gasteiger partial charge on any atom is -0.497 e. The van der Waals surface area contributed by atoms with Gasteiger partial charge in [0.2, 0.25) is 5.91 Å². The van der Waals surface area contributed by atoms with E-state index in [2.05, 4.69) is 5.10 Å². The highest BCUT2D eigenvalue weighted by molar-refractivity contribution is 6.08. The van der Waals surface area contributed by atoms with Crippen molar-refractivity contribution in [2.45, 2.75) is 12.8 Å². The van der Waals surface area contributed by atoms with E-state index in [1.54, 1.807) is 7.11 Å². The standard InChI is InChI=1S/C17H16N2O2/c1-21-15-9-7-14(8-10-15)19-17(20)12-11-16(18-19)13-5-3-2-4-6-13/h2-10H,11-12H2,1H3. The number of rotatable bonds is 3. The van der Waals surface area contributed by atoms with Crippen LogP contribution in [-0.2, 0) is 4.79 Å². The summed E-state index contributed by atoms with van der Waals surface area (Å²) in [6.45, 7) is 0. The maximum atomic E-state index is 12.1. The van der Waals surface area contributed by atoms with E-state index < -0.39 is 0 Å². The van der Waals surface area contributed by atoms with Crippen molar-refractivity contribution in [1.29, 1.82) is 0 Å². The summed E-state index contributed by atoms with van der Waals surface area (Å²) < 4.78 is 5.13. The highest BCUT2D eigenvalue weighted by Crippen LogP contribution is 2.24. The Morgan fingerprint density at radius 3 is 2.38 bits per heavy atom. The van der Waals surface area contributed by atoms with E-state index in [-0.39, 0.29) is 5.91 Å². The molecule has 1 amide bonds. The summed E-state index contributed by atoms with van der Waals surface area (Å²) in [5.41, 5.74) is 2.75. The summed E-state index contributed by atoms with van der Waals surface area (Å²) in [6.07, 6.45) is 1.15. The lowest BCUT2D eigenvalue weighted by atomic mass is 10.0. The molecular weight excluding hydrogens is 264 g/mol. The molecule has 0 radical (unpaired) electrons. The van der Waals surface area contributed by atoms with Crippen LogP contribution in [0.25, 0.3) is 0 Å². The van der Waals surface area contributed by atoms with E-state index in [9.17, 15) is 4.79 Å². The summed E-state index contributed by atoms with van der Waals surface area (Å²) in [5.74, 6) is 0.773. The van der Waals surface area contributed by atoms with E-state index >= 15 is 0 Å². The number of ether oxygens (including phenoxy) is 1. The van der Waals surface area contributed by atoms with Gasteiger partial charge in [-0.05, 0) is 29.8 Å². The van der Waals surface area contributed by atoms with Crippen molar-refractivity contribution in [3.8, 4) is 5.75 Å². The molecule has 1 aliphatic rings. The van der Waals surface area contributed by atoms with Crippen LogP contribution in [0, 0.1) is 0 Å². The second kappa shape index (κ2) is 5.79. The van der Waals surface area contributed by atoms with Crippen LogP contribution < -0.4 is 9.75 Å². The van der Waals surface area contributed by atoms with Crippen LogP contribution in [0.15, 0.2) is 59.7 Å². The lowest BCUT2D eigenvalue weighted by Gasteiger charge is -2.23. The third-order valence-corrected chi connectivity index (χ3v) is 3.46. The van der Waals surface area contributed by atoms with Crippen LogP contribution in [0.4, 0.5) is 5.69 Å². The van der Waals surface area contributed by atoms with Gasteiger partial charge in [-0.15, -0.1) is 0 Å². The fourth-order valence-corrected chi connectivity index (χ4v) is 2.32. The van der Waals surface area contributed by atoms with Crippen LogP contribution in [0.1, 0.15) is 18.4 Å². The molecular formula is C17H16N2O2. The van der Waals surface area contributed by atoms with E-state index in [1.165, 1.54) is 5.01 Å². The Morgan fingerprint density at radius 2 is 1.71 bits per heavy atom. The molecule has 4 nitrogen and oxygen atoms in total. The first-order valence-electron chi connectivity index (χ1n) is 6.88. The van der Waals surface area contributed by atoms with Crippen molar-refractivity contribution in [3.63, 3.8) is 0 Å². The fourth-order valence-electron chi connectivity index (χ4n) is 2.32. The zero-order valence-electron chi connectivity index (χ0n) is 11.8. The Labute approximate surface area is 123 Å². The molecule has 0 unspecified atom stereocenters. The molecule has 1 aliphatic heterocycles. The molecule has 21 heavy (non-hydrogen) atoms. The van der Waals surface area contributed by atoms with E-state index in [1.807, 2.05) is 54.6 Å². The number of anilines is 1. The number of carbonyl (C=O) groups is 1. The first-order valence-corrected chi connectivity index (χ1v) is 6.88. The van der Waals surface area contributed by atoms with Crippen LogP contribution in [-0.4, -0.2) is 18.7 Å². The lowest BCUT2D eigenvalue weighted by molar-refractivity contribution is -0.118. The van der Waals surface area contributed by atoms with Gasteiger partial charge in [-0.1, -0.05) is 30.3 Å². The van der Waals surface area contributed by atoms with Gasteiger partial charge >= 0.3 is 0 Å². The Balaban J connectivity index is 1.93. The normalized spacial score (nSPS) is 14.8. The van der Waals surface area contributed by atoms with E-state index in [0.717, 1.165) is 22.7 Å². The Morgan fingerprint density at radius 1 is 1.00 bits per heavy atom. The zero-order valence-corrected chi connectivity index (χ0v) is 11.8. The summed E-state index contributed by atoms with van der Waals surface area (Å²) in [4.78, 5) is 12.1. The molecule has 0 N–H and O–H groups in total. The number of hydrogen-bond donors (Lipinski definition) is 0. The third kappa shape index (κ3) is 2.79. The summed E-state index contributed by atoms with van der Waals surface area (Å²) in [7, 11) is 1.62. The monoisotopic (exact) mass is 280 g/mol. The molecule has 3 rings (SSSR count). The highest BCUT2D eigenvalue weighted by Gasteiger charge is 2.22. The first-order chi connectivity index (χ1) is 10.3. The molecule has 106 valence electrons. The van der Waals surface area contributed by atoms with Crippen molar-refractivity contribution in [3.05, 3.63) is 60.2 Å². The number of hydrazone groups is 1. The van der Waals surface area contributed by atoms with Gasteiger partial charge in [-0.2, -0.15) is 5.10 Å². The molecule has 0 atom stereocenters. The minimum absolute atomic E-state index is 0.0137. The first kappa shape index (κ1) is 13.4. The third-order valence-electron chi connectivity index (χ3n) is 3.46. The Hall–Kier alpha value is -2.62. The van der Waals surface area contributed by atoms with Crippen molar-refractivity contribution in [1.82, 2.24) is 0 Å². The Kier molecular flexibility index (Phi) is 3.69. The molecule has 2 aromatic rings. The summed E-state index contributed by atoms with van der Waals surface area (Å²) in [6, 6.07) is 17.3. The van der Waals surface area contributed by atoms with Gasteiger partial charge in [0, 0.05) is 12.8 Å². The van der Waals surface area contributed by atoms with Crippen molar-refractivity contribution in [2.75, 3.05) is 12.1 Å². The number of benzene rings is 2. The number of amides is 1. The van der Waals surface area contributed by atoms with Crippen LogP contribution >= 0.6 is 0 Å². The predicted octanol–water partition coefficient (Wildman–Crippen LogP) is 3.23. The van der Waals surface area contributed by atoms with E-state index in [0.29, 0.717) is 12.8 Å².